The Kier molecular flexibility index (Phi) is 6.98. The molecule has 0 unspecified atom stereocenters. The molecule has 0 spiro atoms. The van der Waals surface area contributed by atoms with E-state index in [1.165, 1.54) is 12.1 Å². The van der Waals surface area contributed by atoms with E-state index in [1.807, 2.05) is 20.8 Å². The molecule has 1 aromatic rings. The minimum atomic E-state index is -0.569. The Hall–Kier alpha value is -1.95. The van der Waals surface area contributed by atoms with Crippen molar-refractivity contribution in [3.05, 3.63) is 35.6 Å². The van der Waals surface area contributed by atoms with Crippen molar-refractivity contribution >= 4 is 11.8 Å². The number of amides is 2. The average molecular weight is 378 g/mol. The molecule has 5 nitrogen and oxygen atoms in total. The summed E-state index contributed by atoms with van der Waals surface area (Å²) in [6.45, 7) is 11.4. The van der Waals surface area contributed by atoms with Crippen LogP contribution in [0.3, 0.4) is 0 Å². The first-order valence-electron chi connectivity index (χ1n) is 9.49. The van der Waals surface area contributed by atoms with Crippen LogP contribution in [0, 0.1) is 17.2 Å². The average Bonchev–Trinajstić information content (AvgIpc) is 2.70. The third kappa shape index (κ3) is 6.31. The summed E-state index contributed by atoms with van der Waals surface area (Å²) in [5, 5.41) is 0. The van der Waals surface area contributed by atoms with Crippen LogP contribution in [0.5, 0.6) is 0 Å². The number of carbonyl (C=O) groups is 2. The highest BCUT2D eigenvalue weighted by Gasteiger charge is 2.35. The van der Waals surface area contributed by atoms with Gasteiger partial charge in [0.05, 0.1) is 19.3 Å². The van der Waals surface area contributed by atoms with Gasteiger partial charge in [-0.2, -0.15) is 0 Å². The lowest BCUT2D eigenvalue weighted by molar-refractivity contribution is -0.144. The minimum Gasteiger partial charge on any atom is -0.370 e. The van der Waals surface area contributed by atoms with E-state index in [2.05, 4.69) is 13.8 Å². The molecule has 1 aliphatic heterocycles. The van der Waals surface area contributed by atoms with Crippen molar-refractivity contribution in [2.75, 3.05) is 26.2 Å². The van der Waals surface area contributed by atoms with E-state index in [-0.39, 0.29) is 36.9 Å². The Balaban J connectivity index is 2.15. The first-order chi connectivity index (χ1) is 12.6. The number of hydrogen-bond acceptors (Lipinski definition) is 3. The van der Waals surface area contributed by atoms with Gasteiger partial charge < -0.3 is 14.5 Å². The molecular formula is C21H31FN2O3. The summed E-state index contributed by atoms with van der Waals surface area (Å²) >= 11 is 0. The van der Waals surface area contributed by atoms with Crippen molar-refractivity contribution in [3.63, 3.8) is 0 Å². The van der Waals surface area contributed by atoms with E-state index in [0.29, 0.717) is 25.6 Å². The summed E-state index contributed by atoms with van der Waals surface area (Å²) in [5.41, 5.74) is 0.162. The maximum absolute atomic E-state index is 13.4. The maximum atomic E-state index is 13.4. The number of carbonyl (C=O) groups excluding carboxylic acids is 2. The maximum Gasteiger partial charge on any atom is 0.242 e. The zero-order chi connectivity index (χ0) is 20.2. The third-order valence-electron chi connectivity index (χ3n) is 4.42. The van der Waals surface area contributed by atoms with Gasteiger partial charge >= 0.3 is 0 Å². The zero-order valence-corrected chi connectivity index (χ0v) is 17.0. The minimum absolute atomic E-state index is 0.0573. The molecule has 0 radical (unpaired) electrons. The topological polar surface area (TPSA) is 49.9 Å². The van der Waals surface area contributed by atoms with Gasteiger partial charge in [-0.25, -0.2) is 4.39 Å². The van der Waals surface area contributed by atoms with Crippen LogP contribution in [0.4, 0.5) is 4.39 Å². The van der Waals surface area contributed by atoms with Crippen molar-refractivity contribution < 1.29 is 18.7 Å². The summed E-state index contributed by atoms with van der Waals surface area (Å²) in [6, 6.07) is 6.27. The van der Waals surface area contributed by atoms with Gasteiger partial charge in [0.2, 0.25) is 11.8 Å². The second-order valence-electron chi connectivity index (χ2n) is 8.69. The third-order valence-corrected chi connectivity index (χ3v) is 4.42. The Labute approximate surface area is 161 Å². The van der Waals surface area contributed by atoms with Gasteiger partial charge in [-0.1, -0.05) is 46.8 Å². The summed E-state index contributed by atoms with van der Waals surface area (Å²) in [7, 11) is 0. The monoisotopic (exact) mass is 378 g/mol. The highest BCUT2D eigenvalue weighted by atomic mass is 19.1. The van der Waals surface area contributed by atoms with Crippen LogP contribution in [0.25, 0.3) is 0 Å². The molecule has 0 aliphatic carbocycles. The Bertz CT molecular complexity index is 670. The zero-order valence-electron chi connectivity index (χ0n) is 17.0. The van der Waals surface area contributed by atoms with E-state index >= 15 is 0 Å². The van der Waals surface area contributed by atoms with Crippen LogP contribution in [0.2, 0.25) is 0 Å². The van der Waals surface area contributed by atoms with Gasteiger partial charge in [0.25, 0.3) is 0 Å². The molecule has 0 aromatic heterocycles. The van der Waals surface area contributed by atoms with E-state index in [9.17, 15) is 14.0 Å². The fraction of sp³-hybridized carbons (Fsp3) is 0.619. The van der Waals surface area contributed by atoms with Crippen LogP contribution >= 0.6 is 0 Å². The second-order valence-corrected chi connectivity index (χ2v) is 8.69. The molecule has 2 rings (SSSR count). The van der Waals surface area contributed by atoms with Gasteiger partial charge in [0.1, 0.15) is 5.82 Å². The van der Waals surface area contributed by atoms with E-state index in [4.69, 9.17) is 4.74 Å². The molecule has 1 aromatic carbocycles. The number of halogens is 1. The number of hydrogen-bond donors (Lipinski definition) is 0. The molecule has 1 saturated heterocycles. The molecule has 1 aliphatic rings. The molecule has 6 heteroatoms. The van der Waals surface area contributed by atoms with Crippen LogP contribution in [-0.4, -0.2) is 53.9 Å². The molecule has 0 saturated carbocycles. The number of nitrogens with zero attached hydrogens (tertiary/aromatic N) is 2. The standard InChI is InChI=1S/C21H31FN2O3/c1-15(2)10-23-11-18(27-14-16-7-6-8-17(22)9-16)12-24(13-19(23)25)20(26)21(3,4)5/h6-9,15,18H,10-14H2,1-5H3/t18-/m1/s1. The molecular weight excluding hydrogens is 347 g/mol. The summed E-state index contributed by atoms with van der Waals surface area (Å²) in [6.07, 6.45) is -0.315. The fourth-order valence-corrected chi connectivity index (χ4v) is 3.17. The largest absolute Gasteiger partial charge is 0.370 e. The van der Waals surface area contributed by atoms with E-state index in [0.717, 1.165) is 5.56 Å². The molecule has 150 valence electrons. The summed E-state index contributed by atoms with van der Waals surface area (Å²) < 4.78 is 19.4. The molecule has 1 atom stereocenters. The molecule has 1 fully saturated rings. The predicted octanol–water partition coefficient (Wildman–Crippen LogP) is 3.08. The van der Waals surface area contributed by atoms with Crippen LogP contribution in [0.15, 0.2) is 24.3 Å². The highest BCUT2D eigenvalue weighted by molar-refractivity contribution is 5.87. The van der Waals surface area contributed by atoms with Crippen LogP contribution in [0.1, 0.15) is 40.2 Å². The lowest BCUT2D eigenvalue weighted by atomic mass is 9.94. The fourth-order valence-electron chi connectivity index (χ4n) is 3.17. The quantitative estimate of drug-likeness (QED) is 0.791. The van der Waals surface area contributed by atoms with E-state index < -0.39 is 5.41 Å². The van der Waals surface area contributed by atoms with Crippen LogP contribution < -0.4 is 0 Å². The van der Waals surface area contributed by atoms with Gasteiger partial charge in [-0.05, 0) is 23.6 Å². The Morgan fingerprint density at radius 2 is 2.00 bits per heavy atom. The van der Waals surface area contributed by atoms with Crippen LogP contribution in [-0.2, 0) is 20.9 Å². The smallest absolute Gasteiger partial charge is 0.242 e. The Morgan fingerprint density at radius 3 is 2.59 bits per heavy atom. The number of benzene rings is 1. The van der Waals surface area contributed by atoms with Crippen molar-refractivity contribution in [2.24, 2.45) is 11.3 Å². The normalized spacial score (nSPS) is 18.8. The number of ether oxygens (including phenoxy) is 1. The van der Waals surface area contributed by atoms with Crippen molar-refractivity contribution in [2.45, 2.75) is 47.3 Å². The summed E-state index contributed by atoms with van der Waals surface area (Å²) in [4.78, 5) is 28.8. The van der Waals surface area contributed by atoms with Crippen molar-refractivity contribution in [1.29, 1.82) is 0 Å². The lowest BCUT2D eigenvalue weighted by Gasteiger charge is -2.29. The molecule has 27 heavy (non-hydrogen) atoms. The lowest BCUT2D eigenvalue weighted by Crippen LogP contribution is -2.45. The number of rotatable bonds is 5. The predicted molar refractivity (Wildman–Crippen MR) is 102 cm³/mol. The van der Waals surface area contributed by atoms with Gasteiger partial charge in [-0.15, -0.1) is 0 Å². The van der Waals surface area contributed by atoms with Gasteiger partial charge in [0, 0.05) is 25.0 Å². The highest BCUT2D eigenvalue weighted by Crippen LogP contribution is 2.21. The Morgan fingerprint density at radius 1 is 1.30 bits per heavy atom. The second kappa shape index (κ2) is 8.83. The first-order valence-corrected chi connectivity index (χ1v) is 9.49. The van der Waals surface area contributed by atoms with Crippen molar-refractivity contribution in [1.82, 2.24) is 9.80 Å². The summed E-state index contributed by atoms with van der Waals surface area (Å²) in [5.74, 6) is -0.111. The molecule has 2 amide bonds. The van der Waals surface area contributed by atoms with Crippen molar-refractivity contribution in [3.8, 4) is 0 Å². The molecule has 1 heterocycles. The SMILES string of the molecule is CC(C)CN1C[C@@H](OCc2cccc(F)c2)CN(C(=O)C(C)(C)C)CC1=O. The van der Waals surface area contributed by atoms with Gasteiger partial charge in [0.15, 0.2) is 0 Å². The van der Waals surface area contributed by atoms with Gasteiger partial charge in [-0.3, -0.25) is 9.59 Å². The van der Waals surface area contributed by atoms with E-state index in [1.54, 1.807) is 21.9 Å². The first kappa shape index (κ1) is 21.4. The molecule has 0 N–H and O–H groups in total. The molecule has 0 bridgehead atoms.